The fourth-order valence-corrected chi connectivity index (χ4v) is 2.59. The second-order valence-electron chi connectivity index (χ2n) is 5.99. The van der Waals surface area contributed by atoms with Crippen LogP contribution in [-0.2, 0) is 0 Å². The number of pyridine rings is 2. The number of anilines is 2. The Balaban J connectivity index is 1.83. The zero-order valence-corrected chi connectivity index (χ0v) is 14.9. The second kappa shape index (κ2) is 7.23. The van der Waals surface area contributed by atoms with Crippen LogP contribution < -0.4 is 15.8 Å². The summed E-state index contributed by atoms with van der Waals surface area (Å²) < 4.78 is 5.12. The molecule has 0 saturated carbocycles. The molecule has 6 nitrogen and oxygen atoms in total. The first-order chi connectivity index (χ1) is 12.5. The molecule has 0 fully saturated rings. The highest BCUT2D eigenvalue weighted by atomic mass is 16.5. The summed E-state index contributed by atoms with van der Waals surface area (Å²) >= 11 is 0. The highest BCUT2D eigenvalue weighted by Gasteiger charge is 2.12. The van der Waals surface area contributed by atoms with Crippen LogP contribution in [0.3, 0.4) is 0 Å². The van der Waals surface area contributed by atoms with E-state index in [1.807, 2.05) is 38.1 Å². The minimum Gasteiger partial charge on any atom is -0.481 e. The van der Waals surface area contributed by atoms with E-state index in [9.17, 15) is 4.79 Å². The third kappa shape index (κ3) is 3.64. The van der Waals surface area contributed by atoms with Gasteiger partial charge in [-0.2, -0.15) is 0 Å². The third-order valence-corrected chi connectivity index (χ3v) is 4.07. The number of carbonyl (C=O) groups excluding carboxylic acids is 1. The Morgan fingerprint density at radius 1 is 1.08 bits per heavy atom. The third-order valence-electron chi connectivity index (χ3n) is 4.07. The fourth-order valence-electron chi connectivity index (χ4n) is 2.59. The van der Waals surface area contributed by atoms with E-state index in [2.05, 4.69) is 15.3 Å². The molecule has 3 aromatic rings. The summed E-state index contributed by atoms with van der Waals surface area (Å²) in [5.41, 5.74) is 10.4. The summed E-state index contributed by atoms with van der Waals surface area (Å²) in [6.45, 7) is 3.92. The van der Waals surface area contributed by atoms with Crippen LogP contribution in [0, 0.1) is 13.8 Å². The van der Waals surface area contributed by atoms with Crippen LogP contribution in [0.2, 0.25) is 0 Å². The molecule has 0 atom stereocenters. The molecule has 6 heteroatoms. The molecule has 0 saturated heterocycles. The number of rotatable bonds is 4. The molecule has 2 heterocycles. The number of amides is 1. The Morgan fingerprint density at radius 2 is 1.81 bits per heavy atom. The van der Waals surface area contributed by atoms with Crippen molar-refractivity contribution in [3.63, 3.8) is 0 Å². The Kier molecular flexibility index (Phi) is 4.84. The van der Waals surface area contributed by atoms with E-state index in [4.69, 9.17) is 10.5 Å². The predicted molar refractivity (Wildman–Crippen MR) is 102 cm³/mol. The maximum Gasteiger partial charge on any atom is 0.256 e. The molecule has 0 radical (unpaired) electrons. The number of benzene rings is 1. The standard InChI is InChI=1S/C20H20N4O2/c1-12-4-6-14(7-5-12)20(25)24-17-9-8-15(19(21)23-17)16-11-22-18(26-3)10-13(16)2/h4-11H,1-3H3,(H3,21,23,24,25). The summed E-state index contributed by atoms with van der Waals surface area (Å²) in [5, 5.41) is 2.76. The van der Waals surface area contributed by atoms with Gasteiger partial charge in [0.25, 0.3) is 5.91 Å². The minimum atomic E-state index is -0.230. The average molecular weight is 348 g/mol. The van der Waals surface area contributed by atoms with Gasteiger partial charge in [0.2, 0.25) is 5.88 Å². The molecule has 26 heavy (non-hydrogen) atoms. The van der Waals surface area contributed by atoms with E-state index in [1.165, 1.54) is 0 Å². The molecule has 0 spiro atoms. The largest absolute Gasteiger partial charge is 0.481 e. The van der Waals surface area contributed by atoms with Crippen LogP contribution in [0.15, 0.2) is 48.7 Å². The van der Waals surface area contributed by atoms with Crippen molar-refractivity contribution in [3.8, 4) is 17.0 Å². The topological polar surface area (TPSA) is 90.1 Å². The number of hydrogen-bond acceptors (Lipinski definition) is 5. The van der Waals surface area contributed by atoms with Gasteiger partial charge in [-0.15, -0.1) is 0 Å². The molecule has 0 aliphatic rings. The van der Waals surface area contributed by atoms with Crippen molar-refractivity contribution in [2.45, 2.75) is 13.8 Å². The lowest BCUT2D eigenvalue weighted by molar-refractivity contribution is 0.102. The molecule has 0 aliphatic carbocycles. The Hall–Kier alpha value is -3.41. The van der Waals surface area contributed by atoms with Crippen molar-refractivity contribution < 1.29 is 9.53 Å². The van der Waals surface area contributed by atoms with Crippen LogP contribution >= 0.6 is 0 Å². The van der Waals surface area contributed by atoms with E-state index in [0.717, 1.165) is 22.3 Å². The lowest BCUT2D eigenvalue weighted by Gasteiger charge is -2.11. The Morgan fingerprint density at radius 3 is 2.42 bits per heavy atom. The number of ether oxygens (including phenoxy) is 1. The monoisotopic (exact) mass is 348 g/mol. The highest BCUT2D eigenvalue weighted by molar-refractivity contribution is 6.04. The van der Waals surface area contributed by atoms with Gasteiger partial charge in [-0.3, -0.25) is 4.79 Å². The van der Waals surface area contributed by atoms with Crippen LogP contribution in [0.1, 0.15) is 21.5 Å². The van der Waals surface area contributed by atoms with E-state index >= 15 is 0 Å². The van der Waals surface area contributed by atoms with Crippen molar-refractivity contribution >= 4 is 17.5 Å². The maximum atomic E-state index is 12.3. The molecule has 0 aliphatic heterocycles. The van der Waals surface area contributed by atoms with Gasteiger partial charge in [0.15, 0.2) is 0 Å². The van der Waals surface area contributed by atoms with E-state index in [0.29, 0.717) is 23.1 Å². The summed E-state index contributed by atoms with van der Waals surface area (Å²) in [4.78, 5) is 20.8. The van der Waals surface area contributed by atoms with Crippen LogP contribution in [-0.4, -0.2) is 23.0 Å². The summed E-state index contributed by atoms with van der Waals surface area (Å²) in [7, 11) is 1.57. The molecule has 2 aromatic heterocycles. The predicted octanol–water partition coefficient (Wildman–Crippen LogP) is 3.60. The number of carbonyl (C=O) groups is 1. The zero-order chi connectivity index (χ0) is 18.7. The van der Waals surface area contributed by atoms with E-state index in [-0.39, 0.29) is 5.91 Å². The van der Waals surface area contributed by atoms with Gasteiger partial charge in [0, 0.05) is 29.0 Å². The molecule has 3 rings (SSSR count). The van der Waals surface area contributed by atoms with Gasteiger partial charge in [-0.05, 0) is 43.7 Å². The number of aryl methyl sites for hydroxylation is 2. The molecular formula is C20H20N4O2. The Bertz CT molecular complexity index is 953. The first kappa shape index (κ1) is 17.4. The SMILES string of the molecule is COc1cc(C)c(-c2ccc(NC(=O)c3ccc(C)cc3)nc2N)cn1. The minimum absolute atomic E-state index is 0.230. The molecule has 3 N–H and O–H groups in total. The summed E-state index contributed by atoms with van der Waals surface area (Å²) in [6, 6.07) is 12.7. The van der Waals surface area contributed by atoms with Gasteiger partial charge in [-0.1, -0.05) is 17.7 Å². The second-order valence-corrected chi connectivity index (χ2v) is 5.99. The van der Waals surface area contributed by atoms with Crippen molar-refractivity contribution in [2.75, 3.05) is 18.2 Å². The lowest BCUT2D eigenvalue weighted by atomic mass is 10.0. The lowest BCUT2D eigenvalue weighted by Crippen LogP contribution is -2.13. The van der Waals surface area contributed by atoms with Crippen molar-refractivity contribution in [1.29, 1.82) is 0 Å². The zero-order valence-electron chi connectivity index (χ0n) is 14.9. The summed E-state index contributed by atoms with van der Waals surface area (Å²) in [6.07, 6.45) is 1.70. The van der Waals surface area contributed by atoms with Gasteiger partial charge < -0.3 is 15.8 Å². The average Bonchev–Trinajstić information content (AvgIpc) is 2.63. The fraction of sp³-hybridized carbons (Fsp3) is 0.150. The number of aromatic nitrogens is 2. The maximum absolute atomic E-state index is 12.3. The first-order valence-corrected chi connectivity index (χ1v) is 8.13. The van der Waals surface area contributed by atoms with Crippen molar-refractivity contribution in [2.24, 2.45) is 0 Å². The number of hydrogen-bond donors (Lipinski definition) is 2. The molecule has 132 valence electrons. The number of nitrogens with one attached hydrogen (secondary N) is 1. The molecule has 1 aromatic carbocycles. The number of nitrogen functional groups attached to an aromatic ring is 1. The van der Waals surface area contributed by atoms with Gasteiger partial charge in [-0.25, -0.2) is 9.97 Å². The molecule has 0 bridgehead atoms. The van der Waals surface area contributed by atoms with Crippen molar-refractivity contribution in [3.05, 3.63) is 65.4 Å². The first-order valence-electron chi connectivity index (χ1n) is 8.13. The highest BCUT2D eigenvalue weighted by Crippen LogP contribution is 2.29. The van der Waals surface area contributed by atoms with Gasteiger partial charge in [0.1, 0.15) is 11.6 Å². The quantitative estimate of drug-likeness (QED) is 0.752. The summed E-state index contributed by atoms with van der Waals surface area (Å²) in [5.74, 6) is 1.03. The van der Waals surface area contributed by atoms with Gasteiger partial charge in [0.05, 0.1) is 7.11 Å². The van der Waals surface area contributed by atoms with Crippen LogP contribution in [0.4, 0.5) is 11.6 Å². The van der Waals surface area contributed by atoms with Crippen LogP contribution in [0.5, 0.6) is 5.88 Å². The normalized spacial score (nSPS) is 10.4. The number of methoxy groups -OCH3 is 1. The Labute approximate surface area is 152 Å². The van der Waals surface area contributed by atoms with Crippen LogP contribution in [0.25, 0.3) is 11.1 Å². The van der Waals surface area contributed by atoms with E-state index in [1.54, 1.807) is 31.5 Å². The number of nitrogens with two attached hydrogens (primary N) is 1. The smallest absolute Gasteiger partial charge is 0.256 e. The van der Waals surface area contributed by atoms with Crippen molar-refractivity contribution in [1.82, 2.24) is 9.97 Å². The molecule has 0 unspecified atom stereocenters. The molecule has 1 amide bonds. The number of nitrogens with zero attached hydrogens (tertiary/aromatic N) is 2. The van der Waals surface area contributed by atoms with E-state index < -0.39 is 0 Å². The molecular weight excluding hydrogens is 328 g/mol. The van der Waals surface area contributed by atoms with Gasteiger partial charge >= 0.3 is 0 Å².